The molecular formula is C21H30N2O5S2. The number of hydrogen-bond donors (Lipinski definition) is 2. The molecule has 3 atom stereocenters. The van der Waals surface area contributed by atoms with Crippen LogP contribution in [0.4, 0.5) is 4.79 Å². The van der Waals surface area contributed by atoms with Crippen LogP contribution in [-0.2, 0) is 4.74 Å². The zero-order chi connectivity index (χ0) is 21.7. The van der Waals surface area contributed by atoms with Gasteiger partial charge in [0, 0.05) is 17.7 Å². The minimum absolute atomic E-state index is 0.00735. The first-order chi connectivity index (χ1) is 14.4. The number of aromatic carboxylic acids is 1. The normalized spacial score (nSPS) is 24.1. The Labute approximate surface area is 185 Å². The molecule has 1 aromatic rings. The molecule has 2 aliphatic rings. The Morgan fingerprint density at radius 1 is 1.53 bits per heavy atom. The van der Waals surface area contributed by atoms with Crippen molar-refractivity contribution in [3.63, 3.8) is 0 Å². The first kappa shape index (κ1) is 23.1. The van der Waals surface area contributed by atoms with Crippen molar-refractivity contribution in [1.82, 2.24) is 9.88 Å². The summed E-state index contributed by atoms with van der Waals surface area (Å²) >= 11 is 2.71. The number of aromatic nitrogens is 1. The third kappa shape index (κ3) is 5.18. The molecule has 0 bridgehead atoms. The lowest BCUT2D eigenvalue weighted by atomic mass is 9.62. The maximum absolute atomic E-state index is 12.3. The lowest BCUT2D eigenvalue weighted by Crippen LogP contribution is -2.41. The maximum atomic E-state index is 12.3. The monoisotopic (exact) mass is 454 g/mol. The molecule has 1 amide bonds. The number of thioether (sulfide) groups is 1. The second kappa shape index (κ2) is 10.2. The summed E-state index contributed by atoms with van der Waals surface area (Å²) in [5, 5.41) is 21.3. The third-order valence-corrected chi connectivity index (χ3v) is 8.12. The summed E-state index contributed by atoms with van der Waals surface area (Å²) in [6.45, 7) is 4.49. The molecule has 0 aromatic carbocycles. The number of aliphatic hydroxyl groups is 1. The summed E-state index contributed by atoms with van der Waals surface area (Å²) in [6, 6.07) is -0.220. The fourth-order valence-electron chi connectivity index (χ4n) is 4.10. The molecule has 2 heterocycles. The average molecular weight is 455 g/mol. The summed E-state index contributed by atoms with van der Waals surface area (Å²) in [4.78, 5) is 29.0. The average Bonchev–Trinajstić information content (AvgIpc) is 3.24. The van der Waals surface area contributed by atoms with Gasteiger partial charge in [0.15, 0.2) is 10.0 Å². The number of carbonyl (C=O) groups excluding carboxylic acids is 1. The van der Waals surface area contributed by atoms with E-state index in [0.717, 1.165) is 32.1 Å². The van der Waals surface area contributed by atoms with Gasteiger partial charge < -0.3 is 14.9 Å². The van der Waals surface area contributed by atoms with E-state index in [1.807, 2.05) is 19.1 Å². The Morgan fingerprint density at radius 3 is 2.90 bits per heavy atom. The van der Waals surface area contributed by atoms with Crippen molar-refractivity contribution in [1.29, 1.82) is 0 Å². The molecule has 1 aliphatic carbocycles. The Hall–Kier alpha value is -1.58. The Balaban J connectivity index is 1.57. The third-order valence-electron chi connectivity index (χ3n) is 6.12. The highest BCUT2D eigenvalue weighted by molar-refractivity contribution is 8.01. The lowest BCUT2D eigenvalue weighted by Gasteiger charge is -2.45. The van der Waals surface area contributed by atoms with Crippen molar-refractivity contribution >= 4 is 35.2 Å². The maximum Gasteiger partial charge on any atom is 0.410 e. The zero-order valence-electron chi connectivity index (χ0n) is 17.5. The highest BCUT2D eigenvalue weighted by atomic mass is 32.2. The van der Waals surface area contributed by atoms with Crippen molar-refractivity contribution in [2.75, 3.05) is 12.3 Å². The van der Waals surface area contributed by atoms with Gasteiger partial charge in [0.2, 0.25) is 0 Å². The van der Waals surface area contributed by atoms with Gasteiger partial charge in [-0.05, 0) is 31.6 Å². The highest BCUT2D eigenvalue weighted by Gasteiger charge is 2.42. The largest absolute Gasteiger partial charge is 0.476 e. The van der Waals surface area contributed by atoms with Crippen molar-refractivity contribution < 1.29 is 24.5 Å². The molecule has 0 radical (unpaired) electrons. The predicted octanol–water partition coefficient (Wildman–Crippen LogP) is 4.42. The van der Waals surface area contributed by atoms with E-state index in [1.165, 1.54) is 34.9 Å². The minimum Gasteiger partial charge on any atom is -0.476 e. The van der Waals surface area contributed by atoms with Crippen LogP contribution in [0.5, 0.6) is 0 Å². The first-order valence-corrected chi connectivity index (χ1v) is 12.4. The molecule has 7 nitrogen and oxygen atoms in total. The topological polar surface area (TPSA) is 100.0 Å². The number of hydrogen-bond acceptors (Lipinski definition) is 7. The van der Waals surface area contributed by atoms with E-state index in [2.05, 4.69) is 11.9 Å². The smallest absolute Gasteiger partial charge is 0.410 e. The van der Waals surface area contributed by atoms with E-state index in [9.17, 15) is 14.7 Å². The fraction of sp³-hybridized carbons (Fsp3) is 0.667. The van der Waals surface area contributed by atoms with Gasteiger partial charge in [-0.2, -0.15) is 0 Å². The fourth-order valence-corrected chi connectivity index (χ4v) is 5.91. The van der Waals surface area contributed by atoms with E-state index in [0.29, 0.717) is 16.6 Å². The molecule has 1 aromatic heterocycles. The van der Waals surface area contributed by atoms with Gasteiger partial charge in [0.25, 0.3) is 0 Å². The van der Waals surface area contributed by atoms with Crippen LogP contribution >= 0.6 is 23.1 Å². The number of aliphatic hydroxyl groups excluding tert-OH is 1. The van der Waals surface area contributed by atoms with Crippen molar-refractivity contribution in [2.45, 2.75) is 75.0 Å². The number of ether oxygens (including phenoxy) is 1. The number of thiazole rings is 1. The Bertz CT molecular complexity index is 777. The number of carbonyl (C=O) groups is 2. The minimum atomic E-state index is -1.04. The second-order valence-electron chi connectivity index (χ2n) is 8.07. The van der Waals surface area contributed by atoms with E-state index in [4.69, 9.17) is 9.84 Å². The number of amides is 1. The molecule has 166 valence electrons. The van der Waals surface area contributed by atoms with Gasteiger partial charge in [-0.1, -0.05) is 50.1 Å². The van der Waals surface area contributed by atoms with E-state index in [-0.39, 0.29) is 29.3 Å². The molecule has 9 heteroatoms. The summed E-state index contributed by atoms with van der Waals surface area (Å²) in [5.74, 6) is -0.455. The molecular weight excluding hydrogens is 424 g/mol. The Kier molecular flexibility index (Phi) is 7.81. The highest BCUT2D eigenvalue weighted by Crippen LogP contribution is 2.48. The molecule has 1 unspecified atom stereocenters. The summed E-state index contributed by atoms with van der Waals surface area (Å²) in [5.41, 5.74) is 0.0339. The quantitative estimate of drug-likeness (QED) is 0.377. The molecule has 2 N–H and O–H groups in total. The van der Waals surface area contributed by atoms with Crippen molar-refractivity contribution in [2.24, 2.45) is 5.41 Å². The van der Waals surface area contributed by atoms with Crippen LogP contribution in [0, 0.1) is 5.41 Å². The van der Waals surface area contributed by atoms with Crippen LogP contribution in [0.15, 0.2) is 21.9 Å². The predicted molar refractivity (Wildman–Crippen MR) is 117 cm³/mol. The van der Waals surface area contributed by atoms with Crippen LogP contribution in [0.3, 0.4) is 0 Å². The summed E-state index contributed by atoms with van der Waals surface area (Å²) in [6.07, 6.45) is 9.20. The summed E-state index contributed by atoms with van der Waals surface area (Å²) in [7, 11) is 0. The first-order valence-electron chi connectivity index (χ1n) is 10.5. The molecule has 0 spiro atoms. The molecule has 1 saturated carbocycles. The second-order valence-corrected chi connectivity index (χ2v) is 10.3. The lowest BCUT2D eigenvalue weighted by molar-refractivity contribution is -0.0143. The van der Waals surface area contributed by atoms with E-state index in [1.54, 1.807) is 4.90 Å². The van der Waals surface area contributed by atoms with E-state index < -0.39 is 12.1 Å². The van der Waals surface area contributed by atoms with Crippen LogP contribution in [0.1, 0.15) is 62.9 Å². The SMILES string of the molecule is CCCCC1(C(O)/C=C/[C@H]2[C@H](C)OC(=O)N2CCSc2nc(C(=O)O)cs2)CCC1. The van der Waals surface area contributed by atoms with Crippen LogP contribution in [-0.4, -0.2) is 62.7 Å². The van der Waals surface area contributed by atoms with Crippen molar-refractivity contribution in [3.05, 3.63) is 23.2 Å². The molecule has 1 aliphatic heterocycles. The number of unbranched alkanes of at least 4 members (excludes halogenated alkanes) is 1. The van der Waals surface area contributed by atoms with Crippen LogP contribution in [0.25, 0.3) is 0 Å². The number of carboxylic acid groups (broad SMARTS) is 1. The zero-order valence-corrected chi connectivity index (χ0v) is 19.1. The summed E-state index contributed by atoms with van der Waals surface area (Å²) < 4.78 is 6.07. The number of nitrogens with zero attached hydrogens (tertiary/aromatic N) is 2. The van der Waals surface area contributed by atoms with Crippen molar-refractivity contribution in [3.8, 4) is 0 Å². The van der Waals surface area contributed by atoms with Gasteiger partial charge in [-0.25, -0.2) is 14.6 Å². The van der Waals surface area contributed by atoms with Gasteiger partial charge in [-0.3, -0.25) is 4.90 Å². The number of carboxylic acids is 1. The molecule has 30 heavy (non-hydrogen) atoms. The Morgan fingerprint density at radius 2 is 2.30 bits per heavy atom. The molecule has 2 fully saturated rings. The number of rotatable bonds is 11. The van der Waals surface area contributed by atoms with Gasteiger partial charge in [0.1, 0.15) is 6.10 Å². The van der Waals surface area contributed by atoms with Gasteiger partial charge in [-0.15, -0.1) is 11.3 Å². The standard InChI is InChI=1S/C21H30N2O5S2/c1-3-4-8-21(9-5-10-21)17(24)7-6-16-14(2)28-20(27)23(16)11-12-29-19-22-15(13-30-19)18(25)26/h6-7,13-14,16-17,24H,3-5,8-12H2,1-2H3,(H,25,26)/b7-6+/t14-,16-,17?/m0/s1. The molecule has 3 rings (SSSR count). The molecule has 1 saturated heterocycles. The van der Waals surface area contributed by atoms with Gasteiger partial charge >= 0.3 is 12.1 Å². The van der Waals surface area contributed by atoms with Crippen LogP contribution < -0.4 is 0 Å². The van der Waals surface area contributed by atoms with Gasteiger partial charge in [0.05, 0.1) is 12.1 Å². The van der Waals surface area contributed by atoms with E-state index >= 15 is 0 Å². The van der Waals surface area contributed by atoms with Crippen LogP contribution in [0.2, 0.25) is 0 Å². The number of cyclic esters (lactones) is 1.